The zero-order chi connectivity index (χ0) is 24.2. The lowest BCUT2D eigenvalue weighted by atomic mass is 9.90. The number of piperidine rings is 1. The molecule has 2 aromatic carbocycles. The Bertz CT molecular complexity index is 1070. The number of benzene rings is 2. The minimum absolute atomic E-state index is 0.214. The third-order valence-corrected chi connectivity index (χ3v) is 7.32. The number of hydrogen-bond acceptors (Lipinski definition) is 5. The first-order valence-electron chi connectivity index (χ1n) is 11.1. The minimum Gasteiger partial charge on any atom is -0.456 e. The predicted octanol–water partition coefficient (Wildman–Crippen LogP) is 6.22. The fourth-order valence-corrected chi connectivity index (χ4v) is 5.01. The van der Waals surface area contributed by atoms with Gasteiger partial charge in [-0.2, -0.15) is 0 Å². The molecule has 2 aromatic rings. The van der Waals surface area contributed by atoms with Crippen LogP contribution in [0.1, 0.15) is 45.6 Å². The van der Waals surface area contributed by atoms with Gasteiger partial charge in [-0.05, 0) is 104 Å². The summed E-state index contributed by atoms with van der Waals surface area (Å²) in [7, 11) is -3.26. The van der Waals surface area contributed by atoms with Crippen LogP contribution in [0.4, 0.5) is 4.79 Å². The Labute approximate surface area is 205 Å². The van der Waals surface area contributed by atoms with Gasteiger partial charge < -0.3 is 14.4 Å². The van der Waals surface area contributed by atoms with Crippen molar-refractivity contribution >= 4 is 31.9 Å². The Morgan fingerprint density at radius 3 is 2.27 bits per heavy atom. The topological polar surface area (TPSA) is 72.9 Å². The Morgan fingerprint density at radius 1 is 1.09 bits per heavy atom. The SMILES string of the molecule is CC(C)(C)OC(=O)N1CCC(CCc2ccc(Oc3ccc(S(C)(=O)=O)cc3Br)cc2)CC1. The van der Waals surface area contributed by atoms with Crippen LogP contribution in [0.25, 0.3) is 0 Å². The van der Waals surface area contributed by atoms with Gasteiger partial charge in [-0.15, -0.1) is 0 Å². The molecule has 0 atom stereocenters. The first-order chi connectivity index (χ1) is 15.4. The molecule has 0 N–H and O–H groups in total. The van der Waals surface area contributed by atoms with Crippen LogP contribution >= 0.6 is 15.9 Å². The minimum atomic E-state index is -3.26. The van der Waals surface area contributed by atoms with Crippen molar-refractivity contribution in [2.75, 3.05) is 19.3 Å². The molecule has 1 aliphatic rings. The standard InChI is InChI=1S/C25H32BrNO5S/c1-25(2,3)32-24(28)27-15-13-19(14-16-27)6-5-18-7-9-20(10-8-18)31-23-12-11-21(17-22(23)26)33(4,29)30/h7-12,17,19H,5-6,13-16H2,1-4H3. The first-order valence-corrected chi connectivity index (χ1v) is 13.8. The maximum atomic E-state index is 12.2. The average molecular weight is 539 g/mol. The Hall–Kier alpha value is -2.06. The molecule has 1 saturated heterocycles. The number of aryl methyl sites for hydroxylation is 1. The van der Waals surface area contributed by atoms with E-state index in [1.54, 1.807) is 12.1 Å². The summed E-state index contributed by atoms with van der Waals surface area (Å²) in [4.78, 5) is 14.3. The molecule has 6 nitrogen and oxygen atoms in total. The molecule has 0 spiro atoms. The highest BCUT2D eigenvalue weighted by Gasteiger charge is 2.26. The highest BCUT2D eigenvalue weighted by Crippen LogP contribution is 2.32. The fraction of sp³-hybridized carbons (Fsp3) is 0.480. The van der Waals surface area contributed by atoms with Crippen LogP contribution < -0.4 is 4.74 Å². The van der Waals surface area contributed by atoms with Crippen LogP contribution in [0, 0.1) is 5.92 Å². The molecular formula is C25H32BrNO5S. The third kappa shape index (κ3) is 7.74. The van der Waals surface area contributed by atoms with Crippen molar-refractivity contribution in [1.29, 1.82) is 0 Å². The fourth-order valence-electron chi connectivity index (χ4n) is 3.75. The van der Waals surface area contributed by atoms with Gasteiger partial charge in [0.15, 0.2) is 9.84 Å². The molecule has 1 heterocycles. The van der Waals surface area contributed by atoms with E-state index in [4.69, 9.17) is 9.47 Å². The van der Waals surface area contributed by atoms with E-state index in [9.17, 15) is 13.2 Å². The third-order valence-electron chi connectivity index (χ3n) is 5.59. The molecule has 8 heteroatoms. The van der Waals surface area contributed by atoms with Crippen LogP contribution in [-0.4, -0.2) is 44.4 Å². The van der Waals surface area contributed by atoms with E-state index in [0.717, 1.165) is 38.8 Å². The number of likely N-dealkylation sites (tertiary alicyclic amines) is 1. The van der Waals surface area contributed by atoms with Crippen molar-refractivity contribution in [1.82, 2.24) is 4.90 Å². The summed E-state index contributed by atoms with van der Waals surface area (Å²) in [5.74, 6) is 1.85. The van der Waals surface area contributed by atoms with Gasteiger partial charge in [0, 0.05) is 19.3 Å². The van der Waals surface area contributed by atoms with E-state index in [1.165, 1.54) is 17.9 Å². The van der Waals surface area contributed by atoms with Gasteiger partial charge in [0.2, 0.25) is 0 Å². The van der Waals surface area contributed by atoms with Crippen LogP contribution in [0.5, 0.6) is 11.5 Å². The first kappa shape index (κ1) is 25.6. The molecule has 1 aliphatic heterocycles. The highest BCUT2D eigenvalue weighted by atomic mass is 79.9. The Balaban J connectivity index is 1.47. The van der Waals surface area contributed by atoms with Gasteiger partial charge in [0.05, 0.1) is 9.37 Å². The van der Waals surface area contributed by atoms with Gasteiger partial charge in [0.25, 0.3) is 0 Å². The number of rotatable bonds is 6. The molecule has 0 unspecified atom stereocenters. The number of amides is 1. The van der Waals surface area contributed by atoms with Gasteiger partial charge in [-0.25, -0.2) is 13.2 Å². The van der Waals surface area contributed by atoms with Crippen molar-refractivity contribution in [3.05, 3.63) is 52.5 Å². The molecule has 180 valence electrons. The van der Waals surface area contributed by atoms with E-state index in [1.807, 2.05) is 37.8 Å². The second kappa shape index (κ2) is 10.5. The zero-order valence-corrected chi connectivity index (χ0v) is 22.0. The molecule has 0 radical (unpaired) electrons. The van der Waals surface area contributed by atoms with Crippen molar-refractivity contribution < 1.29 is 22.7 Å². The lowest BCUT2D eigenvalue weighted by Crippen LogP contribution is -2.41. The molecule has 0 saturated carbocycles. The summed E-state index contributed by atoms with van der Waals surface area (Å²) >= 11 is 3.39. The van der Waals surface area contributed by atoms with E-state index in [0.29, 0.717) is 21.9 Å². The normalized spacial score (nSPS) is 15.4. The van der Waals surface area contributed by atoms with Gasteiger partial charge in [-0.3, -0.25) is 0 Å². The maximum absolute atomic E-state index is 12.2. The van der Waals surface area contributed by atoms with Gasteiger partial charge >= 0.3 is 6.09 Å². The lowest BCUT2D eigenvalue weighted by Gasteiger charge is -2.33. The van der Waals surface area contributed by atoms with Crippen LogP contribution in [0.2, 0.25) is 0 Å². The summed E-state index contributed by atoms with van der Waals surface area (Å²) in [6, 6.07) is 12.7. The smallest absolute Gasteiger partial charge is 0.410 e. The summed E-state index contributed by atoms with van der Waals surface area (Å²) in [6.45, 7) is 7.17. The molecule has 0 bridgehead atoms. The lowest BCUT2D eigenvalue weighted by molar-refractivity contribution is 0.0181. The molecule has 1 fully saturated rings. The van der Waals surface area contributed by atoms with Crippen LogP contribution in [0.3, 0.4) is 0 Å². The zero-order valence-electron chi connectivity index (χ0n) is 19.6. The molecule has 33 heavy (non-hydrogen) atoms. The van der Waals surface area contributed by atoms with Crippen molar-refractivity contribution in [2.24, 2.45) is 5.92 Å². The number of nitrogens with zero attached hydrogens (tertiary/aromatic N) is 1. The molecule has 1 amide bonds. The van der Waals surface area contributed by atoms with E-state index in [-0.39, 0.29) is 11.0 Å². The summed E-state index contributed by atoms with van der Waals surface area (Å²) in [6.07, 6.45) is 5.02. The molecule has 0 aromatic heterocycles. The van der Waals surface area contributed by atoms with Crippen LogP contribution in [-0.2, 0) is 21.0 Å². The van der Waals surface area contributed by atoms with Crippen molar-refractivity contribution in [2.45, 2.75) is 57.0 Å². The molecular weight excluding hydrogens is 506 g/mol. The number of ether oxygens (including phenoxy) is 2. The number of hydrogen-bond donors (Lipinski definition) is 0. The van der Waals surface area contributed by atoms with E-state index < -0.39 is 15.4 Å². The predicted molar refractivity (Wildman–Crippen MR) is 133 cm³/mol. The highest BCUT2D eigenvalue weighted by molar-refractivity contribution is 9.10. The Morgan fingerprint density at radius 2 is 1.73 bits per heavy atom. The maximum Gasteiger partial charge on any atom is 0.410 e. The van der Waals surface area contributed by atoms with E-state index in [2.05, 4.69) is 28.1 Å². The van der Waals surface area contributed by atoms with E-state index >= 15 is 0 Å². The summed E-state index contributed by atoms with van der Waals surface area (Å²) in [5.41, 5.74) is 0.780. The van der Waals surface area contributed by atoms with Crippen LogP contribution in [0.15, 0.2) is 51.8 Å². The Kier molecular flexibility index (Phi) is 8.11. The number of sulfone groups is 1. The van der Waals surface area contributed by atoms with Gasteiger partial charge in [-0.1, -0.05) is 12.1 Å². The van der Waals surface area contributed by atoms with Gasteiger partial charge in [0.1, 0.15) is 17.1 Å². The molecule has 0 aliphatic carbocycles. The average Bonchev–Trinajstić information content (AvgIpc) is 2.73. The molecule has 3 rings (SSSR count). The monoisotopic (exact) mass is 537 g/mol. The van der Waals surface area contributed by atoms with Crippen molar-refractivity contribution in [3.63, 3.8) is 0 Å². The number of halogens is 1. The summed E-state index contributed by atoms with van der Waals surface area (Å²) in [5, 5.41) is 0. The number of carbonyl (C=O) groups is 1. The quantitative estimate of drug-likeness (QED) is 0.436. The largest absolute Gasteiger partial charge is 0.456 e. The summed E-state index contributed by atoms with van der Waals surface area (Å²) < 4.78 is 35.3. The number of carbonyl (C=O) groups excluding carboxylic acids is 1. The second-order valence-corrected chi connectivity index (χ2v) is 12.4. The van der Waals surface area contributed by atoms with Crippen molar-refractivity contribution in [3.8, 4) is 11.5 Å². The second-order valence-electron chi connectivity index (χ2n) is 9.56.